The fourth-order valence-corrected chi connectivity index (χ4v) is 2.73. The van der Waals surface area contributed by atoms with E-state index in [1.807, 2.05) is 0 Å². The first kappa shape index (κ1) is 13.3. The van der Waals surface area contributed by atoms with Gasteiger partial charge in [0.15, 0.2) is 11.6 Å². The molecule has 2 aromatic rings. The smallest absolute Gasteiger partial charge is 0.196 e. The molecule has 106 valence electrons. The van der Waals surface area contributed by atoms with E-state index in [4.69, 9.17) is 16.6 Å². The minimum atomic E-state index is -0.302. The molecule has 5 heteroatoms. The largest absolute Gasteiger partial charge is 0.398 e. The van der Waals surface area contributed by atoms with E-state index in [1.165, 1.54) is 0 Å². The number of aliphatic hydroxyl groups is 1. The van der Waals surface area contributed by atoms with Crippen LogP contribution in [0.3, 0.4) is 0 Å². The highest BCUT2D eigenvalue weighted by Crippen LogP contribution is 2.36. The maximum atomic E-state index is 12.6. The van der Waals surface area contributed by atoms with Crippen molar-refractivity contribution in [1.82, 2.24) is 0 Å². The monoisotopic (exact) mass is 282 g/mol. The number of rotatable bonds is 2. The van der Waals surface area contributed by atoms with Crippen LogP contribution in [0.25, 0.3) is 0 Å². The normalized spacial score (nSPS) is 13.0. The van der Waals surface area contributed by atoms with Crippen LogP contribution in [0, 0.1) is 0 Å². The van der Waals surface area contributed by atoms with Crippen molar-refractivity contribution in [3.8, 4) is 0 Å². The van der Waals surface area contributed by atoms with Crippen molar-refractivity contribution >= 4 is 22.9 Å². The first-order valence-electron chi connectivity index (χ1n) is 6.56. The minimum absolute atomic E-state index is 0.110. The first-order chi connectivity index (χ1) is 10.1. The van der Waals surface area contributed by atoms with Gasteiger partial charge in [-0.05, 0) is 18.1 Å². The molecule has 0 saturated heterocycles. The van der Waals surface area contributed by atoms with Crippen molar-refractivity contribution in [1.29, 1.82) is 0 Å². The third kappa shape index (κ3) is 1.82. The second-order valence-corrected chi connectivity index (χ2v) is 4.97. The van der Waals surface area contributed by atoms with Crippen molar-refractivity contribution in [2.24, 2.45) is 0 Å². The van der Waals surface area contributed by atoms with Gasteiger partial charge in [0.1, 0.15) is 0 Å². The van der Waals surface area contributed by atoms with Gasteiger partial charge in [0.05, 0.1) is 11.1 Å². The molecule has 1 aliphatic carbocycles. The van der Waals surface area contributed by atoms with Crippen molar-refractivity contribution in [3.63, 3.8) is 0 Å². The maximum Gasteiger partial charge on any atom is 0.196 e. The number of fused-ring (bicyclic) bond motifs is 2. The fourth-order valence-electron chi connectivity index (χ4n) is 2.73. The molecule has 0 heterocycles. The number of benzene rings is 2. The Balaban J connectivity index is 2.32. The Hall–Kier alpha value is -2.66. The van der Waals surface area contributed by atoms with E-state index < -0.39 is 0 Å². The molecule has 0 bridgehead atoms. The van der Waals surface area contributed by atoms with Crippen LogP contribution in [-0.4, -0.2) is 23.3 Å². The highest BCUT2D eigenvalue weighted by Gasteiger charge is 2.33. The Morgan fingerprint density at radius 3 is 2.10 bits per heavy atom. The molecule has 1 aliphatic rings. The third-order valence-electron chi connectivity index (χ3n) is 3.74. The Morgan fingerprint density at radius 1 is 0.952 bits per heavy atom. The van der Waals surface area contributed by atoms with E-state index in [0.29, 0.717) is 16.7 Å². The molecule has 21 heavy (non-hydrogen) atoms. The summed E-state index contributed by atoms with van der Waals surface area (Å²) in [5.74, 6) is -0.593. The van der Waals surface area contributed by atoms with Gasteiger partial charge in [-0.3, -0.25) is 9.59 Å². The second-order valence-electron chi connectivity index (χ2n) is 4.97. The van der Waals surface area contributed by atoms with E-state index in [1.54, 1.807) is 30.3 Å². The molecule has 0 atom stereocenters. The first-order valence-corrected chi connectivity index (χ1v) is 6.56. The molecule has 0 aromatic heterocycles. The predicted octanol–water partition coefficient (Wildman–Crippen LogP) is 1.16. The molecule has 3 rings (SSSR count). The summed E-state index contributed by atoms with van der Waals surface area (Å²) in [5.41, 5.74) is 14.0. The van der Waals surface area contributed by atoms with Gasteiger partial charge in [-0.25, -0.2) is 0 Å². The molecule has 0 saturated carbocycles. The van der Waals surface area contributed by atoms with Crippen LogP contribution in [0.15, 0.2) is 30.3 Å². The number of nitrogen functional groups attached to an aromatic ring is 2. The lowest BCUT2D eigenvalue weighted by Crippen LogP contribution is -2.24. The number of ketones is 2. The van der Waals surface area contributed by atoms with Gasteiger partial charge < -0.3 is 16.6 Å². The molecule has 2 aromatic carbocycles. The van der Waals surface area contributed by atoms with Crippen LogP contribution in [0.5, 0.6) is 0 Å². The van der Waals surface area contributed by atoms with Crippen molar-refractivity contribution in [2.45, 2.75) is 6.42 Å². The molecule has 5 N–H and O–H groups in total. The third-order valence-corrected chi connectivity index (χ3v) is 3.74. The summed E-state index contributed by atoms with van der Waals surface area (Å²) in [7, 11) is 0. The topological polar surface area (TPSA) is 106 Å². The zero-order valence-electron chi connectivity index (χ0n) is 11.2. The highest BCUT2D eigenvalue weighted by molar-refractivity contribution is 6.31. The zero-order chi connectivity index (χ0) is 15.1. The molecule has 0 unspecified atom stereocenters. The van der Waals surface area contributed by atoms with Crippen molar-refractivity contribution in [3.05, 3.63) is 58.1 Å². The Kier molecular flexibility index (Phi) is 2.99. The average molecular weight is 282 g/mol. The standard InChI is InChI=1S/C16H14N2O3/c17-11-7-8(5-6-19)14(18)13-12(11)15(20)9-3-1-2-4-10(9)16(13)21/h1-4,7,19H,5-6,17-18H2. The second kappa shape index (κ2) is 4.71. The number of carbonyl (C=O) groups is 2. The Bertz CT molecular complexity index is 781. The SMILES string of the molecule is Nc1cc(CCO)c(N)c2c1C(=O)c1ccccc1C2=O. The average Bonchev–Trinajstić information content (AvgIpc) is 2.48. The van der Waals surface area contributed by atoms with Gasteiger partial charge in [-0.15, -0.1) is 0 Å². The predicted molar refractivity (Wildman–Crippen MR) is 79.4 cm³/mol. The van der Waals surface area contributed by atoms with Gasteiger partial charge in [-0.1, -0.05) is 24.3 Å². The van der Waals surface area contributed by atoms with Gasteiger partial charge >= 0.3 is 0 Å². The number of aliphatic hydroxyl groups excluding tert-OH is 1. The summed E-state index contributed by atoms with van der Waals surface area (Å²) in [5, 5.41) is 9.07. The summed E-state index contributed by atoms with van der Waals surface area (Å²) in [6.07, 6.45) is 0.284. The fraction of sp³-hybridized carbons (Fsp3) is 0.125. The van der Waals surface area contributed by atoms with Crippen LogP contribution in [0.4, 0.5) is 11.4 Å². The lowest BCUT2D eigenvalue weighted by molar-refractivity contribution is 0.0980. The quantitative estimate of drug-likeness (QED) is 0.611. The van der Waals surface area contributed by atoms with E-state index in [2.05, 4.69) is 0 Å². The lowest BCUT2D eigenvalue weighted by atomic mass is 9.81. The summed E-state index contributed by atoms with van der Waals surface area (Å²) in [6.45, 7) is -0.110. The van der Waals surface area contributed by atoms with E-state index in [-0.39, 0.29) is 47.1 Å². The zero-order valence-corrected chi connectivity index (χ0v) is 11.2. The van der Waals surface area contributed by atoms with Gasteiger partial charge in [0.2, 0.25) is 0 Å². The van der Waals surface area contributed by atoms with Crippen LogP contribution < -0.4 is 11.5 Å². The van der Waals surface area contributed by atoms with E-state index in [9.17, 15) is 9.59 Å². The van der Waals surface area contributed by atoms with Gasteiger partial charge in [-0.2, -0.15) is 0 Å². The Labute approximate surface area is 121 Å². The number of nitrogens with two attached hydrogens (primary N) is 2. The number of carbonyl (C=O) groups excluding carboxylic acids is 2. The Morgan fingerprint density at radius 2 is 1.52 bits per heavy atom. The van der Waals surface area contributed by atoms with Crippen LogP contribution in [0.1, 0.15) is 37.4 Å². The van der Waals surface area contributed by atoms with Gasteiger partial charge in [0.25, 0.3) is 0 Å². The minimum Gasteiger partial charge on any atom is -0.398 e. The van der Waals surface area contributed by atoms with Crippen LogP contribution in [0.2, 0.25) is 0 Å². The van der Waals surface area contributed by atoms with Gasteiger partial charge in [0, 0.05) is 29.1 Å². The summed E-state index contributed by atoms with van der Waals surface area (Å²) in [6, 6.07) is 8.17. The highest BCUT2D eigenvalue weighted by atomic mass is 16.3. The van der Waals surface area contributed by atoms with Crippen LogP contribution in [-0.2, 0) is 6.42 Å². The van der Waals surface area contributed by atoms with Crippen molar-refractivity contribution in [2.75, 3.05) is 18.1 Å². The molecule has 0 aliphatic heterocycles. The van der Waals surface area contributed by atoms with E-state index >= 15 is 0 Å². The number of hydrogen-bond donors (Lipinski definition) is 3. The summed E-state index contributed by atoms with van der Waals surface area (Å²) >= 11 is 0. The molecule has 5 nitrogen and oxygen atoms in total. The molecule has 0 amide bonds. The molecule has 0 fully saturated rings. The summed E-state index contributed by atoms with van der Waals surface area (Å²) in [4.78, 5) is 25.2. The molecular formula is C16H14N2O3. The summed E-state index contributed by atoms with van der Waals surface area (Å²) < 4.78 is 0. The maximum absolute atomic E-state index is 12.6. The lowest BCUT2D eigenvalue weighted by Gasteiger charge is -2.22. The van der Waals surface area contributed by atoms with Crippen LogP contribution >= 0.6 is 0 Å². The number of hydrogen-bond acceptors (Lipinski definition) is 5. The van der Waals surface area contributed by atoms with E-state index in [0.717, 1.165) is 0 Å². The molecule has 0 radical (unpaired) electrons. The molecule has 0 spiro atoms. The number of anilines is 2. The molecular weight excluding hydrogens is 268 g/mol. The van der Waals surface area contributed by atoms with Crippen molar-refractivity contribution < 1.29 is 14.7 Å².